The first kappa shape index (κ1) is 15.6. The molecule has 2 aromatic rings. The average molecular weight is 329 g/mol. The molecule has 0 unspecified atom stereocenters. The molecule has 1 amide bonds. The molecule has 2 aliphatic rings. The van der Waals surface area contributed by atoms with Gasteiger partial charge in [-0.15, -0.1) is 0 Å². The van der Waals surface area contributed by atoms with Crippen LogP contribution in [0.25, 0.3) is 11.1 Å². The number of amides is 1. The van der Waals surface area contributed by atoms with Gasteiger partial charge in [-0.2, -0.15) is 0 Å². The van der Waals surface area contributed by atoms with Crippen LogP contribution in [0.15, 0.2) is 60.7 Å². The second-order valence-electron chi connectivity index (χ2n) is 7.11. The van der Waals surface area contributed by atoms with Gasteiger partial charge in [0, 0.05) is 16.7 Å². The minimum absolute atomic E-state index is 0.111. The van der Waals surface area contributed by atoms with Crippen LogP contribution in [-0.2, 0) is 4.79 Å². The van der Waals surface area contributed by atoms with E-state index in [0.29, 0.717) is 11.1 Å². The van der Waals surface area contributed by atoms with Crippen LogP contribution in [0.4, 0.5) is 5.69 Å². The molecule has 0 N–H and O–H groups in total. The number of hydrogen-bond acceptors (Lipinski definition) is 2. The highest BCUT2D eigenvalue weighted by molar-refractivity contribution is 6.37. The van der Waals surface area contributed by atoms with Crippen molar-refractivity contribution < 1.29 is 9.59 Å². The molecule has 0 spiro atoms. The summed E-state index contributed by atoms with van der Waals surface area (Å²) in [7, 11) is 0. The van der Waals surface area contributed by atoms with Crippen molar-refractivity contribution >= 4 is 28.5 Å². The first-order valence-electron chi connectivity index (χ1n) is 8.39. The molecule has 3 nitrogen and oxygen atoms in total. The van der Waals surface area contributed by atoms with Crippen molar-refractivity contribution in [2.45, 2.75) is 26.3 Å². The van der Waals surface area contributed by atoms with Gasteiger partial charge in [0.15, 0.2) is 5.78 Å². The first-order valence-corrected chi connectivity index (χ1v) is 8.39. The second-order valence-corrected chi connectivity index (χ2v) is 7.11. The van der Waals surface area contributed by atoms with Crippen LogP contribution < -0.4 is 4.90 Å². The summed E-state index contributed by atoms with van der Waals surface area (Å²) in [5.74, 6) is -0.260. The molecular formula is C22H19NO2. The lowest BCUT2D eigenvalue weighted by atomic mass is 9.89. The van der Waals surface area contributed by atoms with E-state index in [1.807, 2.05) is 55.1 Å². The zero-order chi connectivity index (χ0) is 17.8. The minimum atomic E-state index is -0.421. The molecule has 2 aromatic carbocycles. The zero-order valence-corrected chi connectivity index (χ0v) is 14.5. The lowest BCUT2D eigenvalue weighted by Crippen LogP contribution is -2.46. The van der Waals surface area contributed by atoms with Crippen molar-refractivity contribution in [2.24, 2.45) is 0 Å². The second kappa shape index (κ2) is 5.28. The highest BCUT2D eigenvalue weighted by atomic mass is 16.2. The number of anilines is 1. The number of allylic oxidation sites excluding steroid dienone is 2. The fraction of sp³-hybridized carbons (Fsp3) is 0.182. The van der Waals surface area contributed by atoms with E-state index < -0.39 is 5.54 Å². The summed E-state index contributed by atoms with van der Waals surface area (Å²) in [6.45, 7) is 6.11. The zero-order valence-electron chi connectivity index (χ0n) is 14.5. The van der Waals surface area contributed by atoms with Gasteiger partial charge in [0.25, 0.3) is 5.91 Å². The molecule has 3 heteroatoms. The highest BCUT2D eigenvalue weighted by Crippen LogP contribution is 2.48. The van der Waals surface area contributed by atoms with E-state index in [4.69, 9.17) is 0 Å². The SMILES string of the molecule is CC1=CC(C)(C)N2C(=O)C(=CC(=O)c3ccccc3)c3cccc1c32. The van der Waals surface area contributed by atoms with Gasteiger partial charge in [0.2, 0.25) is 0 Å². The van der Waals surface area contributed by atoms with E-state index in [1.54, 1.807) is 12.1 Å². The minimum Gasteiger partial charge on any atom is -0.298 e. The number of nitrogens with zero attached hydrogens (tertiary/aromatic N) is 1. The topological polar surface area (TPSA) is 37.4 Å². The van der Waals surface area contributed by atoms with Crippen LogP contribution in [-0.4, -0.2) is 17.2 Å². The van der Waals surface area contributed by atoms with Crippen LogP contribution >= 0.6 is 0 Å². The normalized spacial score (nSPS) is 19.0. The number of hydrogen-bond donors (Lipinski definition) is 0. The molecule has 0 saturated carbocycles. The molecule has 0 aliphatic carbocycles. The predicted molar refractivity (Wildman–Crippen MR) is 100 cm³/mol. The van der Waals surface area contributed by atoms with Crippen molar-refractivity contribution in [3.63, 3.8) is 0 Å². The molecule has 0 bridgehead atoms. The maximum Gasteiger partial charge on any atom is 0.259 e. The van der Waals surface area contributed by atoms with E-state index >= 15 is 0 Å². The fourth-order valence-electron chi connectivity index (χ4n) is 3.84. The molecule has 0 saturated heterocycles. The summed E-state index contributed by atoms with van der Waals surface area (Å²) in [5, 5.41) is 0. The van der Waals surface area contributed by atoms with Gasteiger partial charge >= 0.3 is 0 Å². The maximum atomic E-state index is 13.1. The predicted octanol–water partition coefficient (Wildman–Crippen LogP) is 4.50. The molecule has 4 rings (SSSR count). The Morgan fingerprint density at radius 3 is 2.40 bits per heavy atom. The number of rotatable bonds is 2. The average Bonchev–Trinajstić information content (AvgIpc) is 2.87. The fourth-order valence-corrected chi connectivity index (χ4v) is 3.84. The monoisotopic (exact) mass is 329 g/mol. The maximum absolute atomic E-state index is 13.1. The summed E-state index contributed by atoms with van der Waals surface area (Å²) in [6, 6.07) is 15.0. The molecule has 0 aromatic heterocycles. The third kappa shape index (κ3) is 2.27. The molecule has 0 radical (unpaired) electrons. The highest BCUT2D eigenvalue weighted by Gasteiger charge is 2.44. The van der Waals surface area contributed by atoms with E-state index in [1.165, 1.54) is 6.08 Å². The van der Waals surface area contributed by atoms with Gasteiger partial charge < -0.3 is 0 Å². The number of carbonyl (C=O) groups is 2. The van der Waals surface area contributed by atoms with Crippen molar-refractivity contribution in [1.29, 1.82) is 0 Å². The van der Waals surface area contributed by atoms with Crippen LogP contribution in [0, 0.1) is 0 Å². The first-order chi connectivity index (χ1) is 11.9. The summed E-state index contributed by atoms with van der Waals surface area (Å²) in [4.78, 5) is 27.6. The van der Waals surface area contributed by atoms with E-state index in [0.717, 1.165) is 22.4 Å². The molecule has 124 valence electrons. The lowest BCUT2D eigenvalue weighted by molar-refractivity contribution is -0.113. The smallest absolute Gasteiger partial charge is 0.259 e. The van der Waals surface area contributed by atoms with Crippen molar-refractivity contribution in [1.82, 2.24) is 0 Å². The summed E-state index contributed by atoms with van der Waals surface area (Å²) < 4.78 is 0. The Morgan fingerprint density at radius 2 is 1.68 bits per heavy atom. The van der Waals surface area contributed by atoms with Gasteiger partial charge in [0.1, 0.15) is 0 Å². The Bertz CT molecular complexity index is 965. The summed E-state index contributed by atoms with van der Waals surface area (Å²) in [5.41, 5.74) is 4.61. The van der Waals surface area contributed by atoms with E-state index in [9.17, 15) is 9.59 Å². The molecule has 0 fully saturated rings. The number of carbonyl (C=O) groups excluding carboxylic acids is 2. The number of para-hydroxylation sites is 1. The van der Waals surface area contributed by atoms with Crippen LogP contribution in [0.5, 0.6) is 0 Å². The molecule has 2 heterocycles. The van der Waals surface area contributed by atoms with Gasteiger partial charge in [-0.3, -0.25) is 14.5 Å². The standard InChI is InChI=1S/C22H19NO2/c1-14-13-22(2,3)23-20-16(14)10-7-11-17(20)18(21(23)25)12-19(24)15-8-5-4-6-9-15/h4-13H,1-3H3. The lowest BCUT2D eigenvalue weighted by Gasteiger charge is -2.38. The molecular weight excluding hydrogens is 310 g/mol. The Hall–Kier alpha value is -2.94. The Labute approximate surface area is 147 Å². The van der Waals surface area contributed by atoms with Crippen LogP contribution in [0.3, 0.4) is 0 Å². The largest absolute Gasteiger partial charge is 0.298 e. The molecule has 25 heavy (non-hydrogen) atoms. The third-order valence-corrected chi connectivity index (χ3v) is 4.89. The van der Waals surface area contributed by atoms with E-state index in [-0.39, 0.29) is 11.7 Å². The van der Waals surface area contributed by atoms with Gasteiger partial charge in [-0.25, -0.2) is 0 Å². The Kier molecular flexibility index (Phi) is 3.29. The summed E-state index contributed by atoms with van der Waals surface area (Å²) in [6.07, 6.45) is 3.59. The van der Waals surface area contributed by atoms with Gasteiger partial charge in [0.05, 0.1) is 16.8 Å². The number of ketones is 1. The Morgan fingerprint density at radius 1 is 1.00 bits per heavy atom. The van der Waals surface area contributed by atoms with Crippen molar-refractivity contribution in [3.8, 4) is 0 Å². The number of benzene rings is 2. The van der Waals surface area contributed by atoms with Crippen molar-refractivity contribution in [3.05, 3.63) is 77.4 Å². The van der Waals surface area contributed by atoms with Gasteiger partial charge in [-0.05, 0) is 32.4 Å². The van der Waals surface area contributed by atoms with Gasteiger partial charge in [-0.1, -0.05) is 54.6 Å². The quantitative estimate of drug-likeness (QED) is 0.601. The van der Waals surface area contributed by atoms with E-state index in [2.05, 4.69) is 13.0 Å². The molecule has 0 atom stereocenters. The third-order valence-electron chi connectivity index (χ3n) is 4.89. The van der Waals surface area contributed by atoms with Crippen LogP contribution in [0.2, 0.25) is 0 Å². The molecule has 2 aliphatic heterocycles. The van der Waals surface area contributed by atoms with Crippen molar-refractivity contribution in [2.75, 3.05) is 4.90 Å². The summed E-state index contributed by atoms with van der Waals surface area (Å²) >= 11 is 0. The Balaban J connectivity index is 1.89. The van der Waals surface area contributed by atoms with Crippen LogP contribution in [0.1, 0.15) is 42.3 Å².